The van der Waals surface area contributed by atoms with Crippen LogP contribution in [0.5, 0.6) is 0 Å². The van der Waals surface area contributed by atoms with Crippen LogP contribution in [0.2, 0.25) is 0 Å². The summed E-state index contributed by atoms with van der Waals surface area (Å²) in [5.74, 6) is 0. The lowest BCUT2D eigenvalue weighted by Crippen LogP contribution is -2.06. The van der Waals surface area contributed by atoms with Gasteiger partial charge in [0, 0.05) is 0 Å². The monoisotopic (exact) mass is 206 g/mol. The first kappa shape index (κ1) is 11.3. The standard InChI is InChI=1S/C12H14O3/c1-2-14-12(13)15-10-6-9-11-7-4-3-5-8-11/h3-9H,2,10H2,1H3/b9-6+. The summed E-state index contributed by atoms with van der Waals surface area (Å²) in [6.45, 7) is 2.30. The average molecular weight is 206 g/mol. The van der Waals surface area contributed by atoms with Crippen molar-refractivity contribution in [1.82, 2.24) is 0 Å². The molecule has 0 N–H and O–H groups in total. The molecule has 0 atom stereocenters. The average Bonchev–Trinajstić information content (AvgIpc) is 2.26. The molecule has 1 rings (SSSR count). The highest BCUT2D eigenvalue weighted by Crippen LogP contribution is 2.00. The summed E-state index contributed by atoms with van der Waals surface area (Å²) in [6, 6.07) is 9.80. The molecule has 1 aromatic carbocycles. The van der Waals surface area contributed by atoms with Crippen molar-refractivity contribution in [1.29, 1.82) is 0 Å². The Balaban J connectivity index is 2.26. The molecule has 0 radical (unpaired) electrons. The lowest BCUT2D eigenvalue weighted by atomic mass is 10.2. The molecule has 1 aromatic rings. The number of benzene rings is 1. The van der Waals surface area contributed by atoms with E-state index in [1.807, 2.05) is 36.4 Å². The third-order valence-electron chi connectivity index (χ3n) is 1.67. The molecule has 0 unspecified atom stereocenters. The fourth-order valence-corrected chi connectivity index (χ4v) is 1.02. The van der Waals surface area contributed by atoms with Gasteiger partial charge < -0.3 is 9.47 Å². The second-order valence-corrected chi connectivity index (χ2v) is 2.81. The fourth-order valence-electron chi connectivity index (χ4n) is 1.02. The first-order valence-electron chi connectivity index (χ1n) is 4.84. The summed E-state index contributed by atoms with van der Waals surface area (Å²) in [5.41, 5.74) is 1.07. The number of carbonyl (C=O) groups is 1. The predicted octanol–water partition coefficient (Wildman–Crippen LogP) is 2.87. The Labute approximate surface area is 89.3 Å². The van der Waals surface area contributed by atoms with Crippen molar-refractivity contribution in [2.45, 2.75) is 6.92 Å². The van der Waals surface area contributed by atoms with Gasteiger partial charge in [0.1, 0.15) is 6.61 Å². The van der Waals surface area contributed by atoms with Crippen molar-refractivity contribution in [2.75, 3.05) is 13.2 Å². The van der Waals surface area contributed by atoms with E-state index in [2.05, 4.69) is 4.74 Å². The highest BCUT2D eigenvalue weighted by Gasteiger charge is 1.97. The molecule has 0 spiro atoms. The highest BCUT2D eigenvalue weighted by molar-refractivity contribution is 5.60. The van der Waals surface area contributed by atoms with Crippen molar-refractivity contribution in [3.05, 3.63) is 42.0 Å². The molecule has 0 saturated carbocycles. The molecule has 3 nitrogen and oxygen atoms in total. The van der Waals surface area contributed by atoms with Crippen molar-refractivity contribution < 1.29 is 14.3 Å². The van der Waals surface area contributed by atoms with Crippen molar-refractivity contribution in [2.24, 2.45) is 0 Å². The summed E-state index contributed by atoms with van der Waals surface area (Å²) in [4.78, 5) is 10.8. The molecule has 0 aromatic heterocycles. The quantitative estimate of drug-likeness (QED) is 0.710. The van der Waals surface area contributed by atoms with Crippen LogP contribution in [0.25, 0.3) is 6.08 Å². The normalized spacial score (nSPS) is 10.2. The van der Waals surface area contributed by atoms with Crippen LogP contribution in [0, 0.1) is 0 Å². The van der Waals surface area contributed by atoms with E-state index in [1.165, 1.54) is 0 Å². The largest absolute Gasteiger partial charge is 0.508 e. The maximum atomic E-state index is 10.8. The molecule has 80 valence electrons. The fraction of sp³-hybridized carbons (Fsp3) is 0.250. The molecule has 0 amide bonds. The zero-order valence-electron chi connectivity index (χ0n) is 8.68. The van der Waals surface area contributed by atoms with Gasteiger partial charge in [0.15, 0.2) is 0 Å². The van der Waals surface area contributed by atoms with E-state index in [0.29, 0.717) is 6.61 Å². The molecule has 3 heteroatoms. The van der Waals surface area contributed by atoms with Gasteiger partial charge in [0.25, 0.3) is 0 Å². The smallest absolute Gasteiger partial charge is 0.435 e. The van der Waals surface area contributed by atoms with Crippen molar-refractivity contribution in [3.8, 4) is 0 Å². The van der Waals surface area contributed by atoms with E-state index in [-0.39, 0.29) is 6.61 Å². The zero-order valence-corrected chi connectivity index (χ0v) is 8.68. The third kappa shape index (κ3) is 4.86. The van der Waals surface area contributed by atoms with Gasteiger partial charge in [-0.25, -0.2) is 4.79 Å². The Hall–Kier alpha value is -1.77. The van der Waals surface area contributed by atoms with Crippen LogP contribution in [-0.4, -0.2) is 19.4 Å². The third-order valence-corrected chi connectivity index (χ3v) is 1.67. The number of hydrogen-bond acceptors (Lipinski definition) is 3. The summed E-state index contributed by atoms with van der Waals surface area (Å²) in [6.07, 6.45) is 3.03. The Morgan fingerprint density at radius 3 is 2.67 bits per heavy atom. The molecular formula is C12H14O3. The molecule has 0 aliphatic rings. The number of rotatable bonds is 4. The van der Waals surface area contributed by atoms with Crippen LogP contribution in [0.4, 0.5) is 4.79 Å². The second kappa shape index (κ2) is 6.65. The molecule has 0 heterocycles. The molecule has 0 saturated heterocycles. The lowest BCUT2D eigenvalue weighted by Gasteiger charge is -2.00. The Morgan fingerprint density at radius 1 is 1.27 bits per heavy atom. The molecule has 0 aliphatic carbocycles. The van der Waals surface area contributed by atoms with Gasteiger partial charge in [0.2, 0.25) is 0 Å². The van der Waals surface area contributed by atoms with E-state index in [4.69, 9.17) is 4.74 Å². The molecule has 0 aliphatic heterocycles. The Kier molecular flexibility index (Phi) is 5.01. The molecular weight excluding hydrogens is 192 g/mol. The van der Waals surface area contributed by atoms with Crippen LogP contribution in [0.1, 0.15) is 12.5 Å². The summed E-state index contributed by atoms with van der Waals surface area (Å²) < 4.78 is 9.36. The van der Waals surface area contributed by atoms with Gasteiger partial charge in [0.05, 0.1) is 6.61 Å². The van der Waals surface area contributed by atoms with Gasteiger partial charge >= 0.3 is 6.16 Å². The summed E-state index contributed by atoms with van der Waals surface area (Å²) in [5, 5.41) is 0. The molecule has 0 fully saturated rings. The van der Waals surface area contributed by atoms with Gasteiger partial charge in [-0.2, -0.15) is 0 Å². The minimum Gasteiger partial charge on any atom is -0.435 e. The summed E-state index contributed by atoms with van der Waals surface area (Å²) >= 11 is 0. The van der Waals surface area contributed by atoms with Crippen LogP contribution in [-0.2, 0) is 9.47 Å². The lowest BCUT2D eigenvalue weighted by molar-refractivity contribution is 0.0674. The van der Waals surface area contributed by atoms with Crippen LogP contribution >= 0.6 is 0 Å². The minimum atomic E-state index is -0.629. The van der Waals surface area contributed by atoms with Crippen molar-refractivity contribution >= 4 is 12.2 Å². The summed E-state index contributed by atoms with van der Waals surface area (Å²) in [7, 11) is 0. The molecule has 15 heavy (non-hydrogen) atoms. The highest BCUT2D eigenvalue weighted by atomic mass is 16.7. The zero-order chi connectivity index (χ0) is 10.9. The number of hydrogen-bond donors (Lipinski definition) is 0. The SMILES string of the molecule is CCOC(=O)OC/C=C/c1ccccc1. The minimum absolute atomic E-state index is 0.230. The van der Waals surface area contributed by atoms with Gasteiger partial charge in [-0.1, -0.05) is 36.4 Å². The maximum absolute atomic E-state index is 10.8. The first-order chi connectivity index (χ1) is 7.33. The van der Waals surface area contributed by atoms with E-state index in [1.54, 1.807) is 13.0 Å². The van der Waals surface area contributed by atoms with E-state index >= 15 is 0 Å². The van der Waals surface area contributed by atoms with Crippen LogP contribution in [0.15, 0.2) is 36.4 Å². The second-order valence-electron chi connectivity index (χ2n) is 2.81. The van der Waals surface area contributed by atoms with E-state index in [9.17, 15) is 4.79 Å². The van der Waals surface area contributed by atoms with Crippen LogP contribution < -0.4 is 0 Å². The van der Waals surface area contributed by atoms with Gasteiger partial charge in [-0.15, -0.1) is 0 Å². The van der Waals surface area contributed by atoms with Crippen LogP contribution in [0.3, 0.4) is 0 Å². The predicted molar refractivity (Wildman–Crippen MR) is 58.5 cm³/mol. The van der Waals surface area contributed by atoms with E-state index in [0.717, 1.165) is 5.56 Å². The van der Waals surface area contributed by atoms with Gasteiger partial charge in [-0.3, -0.25) is 0 Å². The molecule has 0 bridgehead atoms. The van der Waals surface area contributed by atoms with Crippen molar-refractivity contribution in [3.63, 3.8) is 0 Å². The number of ether oxygens (including phenoxy) is 2. The maximum Gasteiger partial charge on any atom is 0.508 e. The first-order valence-corrected chi connectivity index (χ1v) is 4.84. The Morgan fingerprint density at radius 2 is 2.00 bits per heavy atom. The van der Waals surface area contributed by atoms with E-state index < -0.39 is 6.16 Å². The van der Waals surface area contributed by atoms with Gasteiger partial charge in [-0.05, 0) is 18.6 Å². The topological polar surface area (TPSA) is 35.5 Å². The Bertz CT molecular complexity index is 317. The number of carbonyl (C=O) groups excluding carboxylic acids is 1.